The second-order valence-corrected chi connectivity index (χ2v) is 5.10. The van der Waals surface area contributed by atoms with Crippen LogP contribution < -0.4 is 10.6 Å². The van der Waals surface area contributed by atoms with Gasteiger partial charge in [-0.15, -0.1) is 0 Å². The van der Waals surface area contributed by atoms with Gasteiger partial charge < -0.3 is 20.0 Å². The number of nitrogens with one attached hydrogen (secondary N) is 2. The summed E-state index contributed by atoms with van der Waals surface area (Å²) >= 11 is 0. The molecule has 0 aliphatic rings. The molecule has 0 radical (unpaired) electrons. The molecule has 0 unspecified atom stereocenters. The minimum Gasteiger partial charge on any atom is -0.459 e. The van der Waals surface area contributed by atoms with Crippen molar-refractivity contribution in [3.63, 3.8) is 0 Å². The van der Waals surface area contributed by atoms with Gasteiger partial charge in [0.15, 0.2) is 5.76 Å². The first-order valence-corrected chi connectivity index (χ1v) is 6.90. The Balaban J connectivity index is 1.91. The van der Waals surface area contributed by atoms with Gasteiger partial charge in [0, 0.05) is 12.2 Å². The van der Waals surface area contributed by atoms with Gasteiger partial charge >= 0.3 is 0 Å². The van der Waals surface area contributed by atoms with Crippen LogP contribution >= 0.6 is 0 Å². The minimum atomic E-state index is -0.415. The molecule has 0 bridgehead atoms. The zero-order chi connectivity index (χ0) is 15.9. The summed E-state index contributed by atoms with van der Waals surface area (Å²) in [6, 6.07) is 10.7. The second kappa shape index (κ2) is 7.42. The fourth-order valence-corrected chi connectivity index (χ4v) is 1.97. The molecular formula is C16H19N3O3. The van der Waals surface area contributed by atoms with Crippen molar-refractivity contribution in [1.82, 2.24) is 10.2 Å². The van der Waals surface area contributed by atoms with Crippen LogP contribution in [0.15, 0.2) is 47.1 Å². The number of amides is 2. The van der Waals surface area contributed by atoms with E-state index < -0.39 is 5.91 Å². The van der Waals surface area contributed by atoms with E-state index in [2.05, 4.69) is 10.6 Å². The van der Waals surface area contributed by atoms with Gasteiger partial charge in [-0.1, -0.05) is 18.2 Å². The standard InChI is InChI=1S/C16H19N3O3/c1-19(2)11-12-6-3-4-7-13(12)18-15(20)10-17-16(21)14-8-5-9-22-14/h3-9H,10-11H2,1-2H3,(H,17,21)(H,18,20). The van der Waals surface area contributed by atoms with E-state index in [1.165, 1.54) is 6.26 Å². The van der Waals surface area contributed by atoms with E-state index >= 15 is 0 Å². The summed E-state index contributed by atoms with van der Waals surface area (Å²) in [5.41, 5.74) is 1.76. The highest BCUT2D eigenvalue weighted by Crippen LogP contribution is 2.16. The predicted octanol–water partition coefficient (Wildman–Crippen LogP) is 1.71. The Labute approximate surface area is 129 Å². The number of nitrogens with zero attached hydrogens (tertiary/aromatic N) is 1. The molecule has 2 N–H and O–H groups in total. The lowest BCUT2D eigenvalue weighted by Gasteiger charge is -2.15. The van der Waals surface area contributed by atoms with Crippen molar-refractivity contribution in [2.45, 2.75) is 6.54 Å². The molecule has 2 amide bonds. The first kappa shape index (κ1) is 15.8. The van der Waals surface area contributed by atoms with E-state index in [0.29, 0.717) is 0 Å². The maximum atomic E-state index is 12.0. The number of anilines is 1. The molecule has 1 aromatic carbocycles. The number of para-hydroxylation sites is 1. The van der Waals surface area contributed by atoms with Gasteiger partial charge in [0.25, 0.3) is 5.91 Å². The lowest BCUT2D eigenvalue weighted by Crippen LogP contribution is -2.33. The Morgan fingerprint density at radius 2 is 1.91 bits per heavy atom. The number of hydrogen-bond donors (Lipinski definition) is 2. The summed E-state index contributed by atoms with van der Waals surface area (Å²) in [6.07, 6.45) is 1.41. The Morgan fingerprint density at radius 1 is 1.14 bits per heavy atom. The fourth-order valence-electron chi connectivity index (χ4n) is 1.97. The second-order valence-electron chi connectivity index (χ2n) is 5.10. The van der Waals surface area contributed by atoms with Gasteiger partial charge in [0.2, 0.25) is 5.91 Å². The summed E-state index contributed by atoms with van der Waals surface area (Å²) in [4.78, 5) is 25.7. The van der Waals surface area contributed by atoms with Crippen LogP contribution in [0.3, 0.4) is 0 Å². The first-order valence-electron chi connectivity index (χ1n) is 6.90. The van der Waals surface area contributed by atoms with Gasteiger partial charge in [-0.3, -0.25) is 9.59 Å². The highest BCUT2D eigenvalue weighted by Gasteiger charge is 2.11. The van der Waals surface area contributed by atoms with E-state index in [9.17, 15) is 9.59 Å². The molecule has 2 aromatic rings. The topological polar surface area (TPSA) is 74.6 Å². The van der Waals surface area contributed by atoms with Gasteiger partial charge in [0.1, 0.15) is 0 Å². The van der Waals surface area contributed by atoms with E-state index in [-0.39, 0.29) is 18.2 Å². The molecule has 6 nitrogen and oxygen atoms in total. The fraction of sp³-hybridized carbons (Fsp3) is 0.250. The maximum absolute atomic E-state index is 12.0. The molecule has 0 fully saturated rings. The van der Waals surface area contributed by atoms with Gasteiger partial charge in [-0.2, -0.15) is 0 Å². The molecule has 116 valence electrons. The molecule has 0 aliphatic heterocycles. The van der Waals surface area contributed by atoms with Crippen LogP contribution in [0.5, 0.6) is 0 Å². The van der Waals surface area contributed by atoms with Crippen LogP contribution in [0.25, 0.3) is 0 Å². The average molecular weight is 301 g/mol. The molecule has 1 heterocycles. The van der Waals surface area contributed by atoms with Crippen molar-refractivity contribution in [1.29, 1.82) is 0 Å². The Bertz CT molecular complexity index is 636. The largest absolute Gasteiger partial charge is 0.459 e. The Kier molecular flexibility index (Phi) is 5.32. The van der Waals surface area contributed by atoms with E-state index in [4.69, 9.17) is 4.42 Å². The zero-order valence-corrected chi connectivity index (χ0v) is 12.6. The van der Waals surface area contributed by atoms with Crippen LogP contribution in [0.1, 0.15) is 16.1 Å². The van der Waals surface area contributed by atoms with Crippen LogP contribution in [0.4, 0.5) is 5.69 Å². The normalized spacial score (nSPS) is 10.5. The lowest BCUT2D eigenvalue weighted by molar-refractivity contribution is -0.115. The van der Waals surface area contributed by atoms with Crippen molar-refractivity contribution in [3.05, 3.63) is 54.0 Å². The van der Waals surface area contributed by atoms with E-state index in [1.807, 2.05) is 43.3 Å². The molecule has 0 aliphatic carbocycles. The Hall–Kier alpha value is -2.60. The summed E-state index contributed by atoms with van der Waals surface area (Å²) in [5.74, 6) is -0.520. The maximum Gasteiger partial charge on any atom is 0.287 e. The quantitative estimate of drug-likeness (QED) is 0.852. The Morgan fingerprint density at radius 3 is 2.59 bits per heavy atom. The molecule has 2 rings (SSSR count). The summed E-state index contributed by atoms with van der Waals surface area (Å²) in [5, 5.41) is 5.32. The van der Waals surface area contributed by atoms with Crippen molar-refractivity contribution in [3.8, 4) is 0 Å². The third-order valence-electron chi connectivity index (χ3n) is 2.93. The number of benzene rings is 1. The lowest BCUT2D eigenvalue weighted by atomic mass is 10.1. The number of carbonyl (C=O) groups excluding carboxylic acids is 2. The summed E-state index contributed by atoms with van der Waals surface area (Å²) in [7, 11) is 3.92. The molecule has 1 aromatic heterocycles. The molecular weight excluding hydrogens is 282 g/mol. The van der Waals surface area contributed by atoms with Crippen LogP contribution in [0.2, 0.25) is 0 Å². The zero-order valence-electron chi connectivity index (χ0n) is 12.6. The highest BCUT2D eigenvalue weighted by atomic mass is 16.3. The number of carbonyl (C=O) groups is 2. The van der Waals surface area contributed by atoms with Crippen molar-refractivity contribution in [2.24, 2.45) is 0 Å². The van der Waals surface area contributed by atoms with Crippen LogP contribution in [0, 0.1) is 0 Å². The molecule has 0 atom stereocenters. The number of rotatable bonds is 6. The van der Waals surface area contributed by atoms with Crippen molar-refractivity contribution in [2.75, 3.05) is 26.0 Å². The van der Waals surface area contributed by atoms with Crippen LogP contribution in [-0.2, 0) is 11.3 Å². The predicted molar refractivity (Wildman–Crippen MR) is 83.5 cm³/mol. The monoisotopic (exact) mass is 301 g/mol. The molecule has 22 heavy (non-hydrogen) atoms. The molecule has 6 heteroatoms. The third-order valence-corrected chi connectivity index (χ3v) is 2.93. The smallest absolute Gasteiger partial charge is 0.287 e. The highest BCUT2D eigenvalue weighted by molar-refractivity contribution is 5.98. The van der Waals surface area contributed by atoms with E-state index in [0.717, 1.165) is 17.8 Å². The van der Waals surface area contributed by atoms with Gasteiger partial charge in [0.05, 0.1) is 12.8 Å². The summed E-state index contributed by atoms with van der Waals surface area (Å²) < 4.78 is 4.96. The SMILES string of the molecule is CN(C)Cc1ccccc1NC(=O)CNC(=O)c1ccco1. The average Bonchev–Trinajstić information content (AvgIpc) is 3.00. The first-order chi connectivity index (χ1) is 10.6. The minimum absolute atomic E-state index is 0.115. The van der Waals surface area contributed by atoms with Crippen molar-refractivity contribution < 1.29 is 14.0 Å². The summed E-state index contributed by atoms with van der Waals surface area (Å²) in [6.45, 7) is 0.602. The van der Waals surface area contributed by atoms with E-state index in [1.54, 1.807) is 12.1 Å². The van der Waals surface area contributed by atoms with Gasteiger partial charge in [-0.05, 0) is 37.9 Å². The number of hydrogen-bond acceptors (Lipinski definition) is 4. The molecule has 0 saturated carbocycles. The van der Waals surface area contributed by atoms with Gasteiger partial charge in [-0.25, -0.2) is 0 Å². The number of furan rings is 1. The van der Waals surface area contributed by atoms with Crippen LogP contribution in [-0.4, -0.2) is 37.4 Å². The molecule has 0 saturated heterocycles. The third kappa shape index (κ3) is 4.46. The molecule has 0 spiro atoms. The van der Waals surface area contributed by atoms with Crippen molar-refractivity contribution >= 4 is 17.5 Å².